The van der Waals surface area contributed by atoms with Gasteiger partial charge in [-0.25, -0.2) is 0 Å². The van der Waals surface area contributed by atoms with E-state index in [2.05, 4.69) is 86.8 Å². The number of amides is 1. The van der Waals surface area contributed by atoms with Crippen LogP contribution in [0.15, 0.2) is 72.9 Å². The summed E-state index contributed by atoms with van der Waals surface area (Å²) < 4.78 is 30.3. The number of carbonyl (C=O) groups excluding carboxylic acids is 2. The van der Waals surface area contributed by atoms with Gasteiger partial charge in [-0.1, -0.05) is 274 Å². The standard InChI is InChI=1S/C67H123N2O7P/c1-7-10-13-16-19-22-25-28-30-32-34-36-38-41-44-47-50-53-56-59-66(70)68-64(63-75-77(72,73)74-62-61-69(4,5)6)65(58-55-52-49-46-43-40-27-24-21-18-15-12-9-3)76-67(71)60-57-54-51-48-45-42-39-37-35-33-31-29-26-23-20-17-14-11-8-2/h11,14,20,23,29,31,35,37,42,45,55,58,64-65H,7-10,12-13,15-19,21-22,24-28,30,32-34,36,38-41,43-44,46-54,56-57,59-63H2,1-6H3,(H-,68,70,72,73)/b14-11-,23-20-,31-29-,37-35-,45-42-,58-55+. The molecular formula is C67H123N2O7P. The molecule has 0 heterocycles. The summed E-state index contributed by atoms with van der Waals surface area (Å²) in [6.07, 6.45) is 73.0. The number of unbranched alkanes of at least 4 members (excludes halogenated alkanes) is 32. The second-order valence-electron chi connectivity index (χ2n) is 22.9. The lowest BCUT2D eigenvalue weighted by Crippen LogP contribution is -2.47. The van der Waals surface area contributed by atoms with E-state index in [-0.39, 0.29) is 24.9 Å². The first-order valence-electron chi connectivity index (χ1n) is 32.2. The Morgan fingerprint density at radius 3 is 1.26 bits per heavy atom. The van der Waals surface area contributed by atoms with E-state index in [9.17, 15) is 19.0 Å². The number of ether oxygens (including phenoxy) is 1. The normalized spacial score (nSPS) is 14.1. The van der Waals surface area contributed by atoms with Crippen LogP contribution in [0.25, 0.3) is 0 Å². The third kappa shape index (κ3) is 57.9. The summed E-state index contributed by atoms with van der Waals surface area (Å²) in [7, 11) is 1.17. The van der Waals surface area contributed by atoms with Crippen molar-refractivity contribution in [1.82, 2.24) is 5.32 Å². The van der Waals surface area contributed by atoms with Gasteiger partial charge < -0.3 is 28.5 Å². The van der Waals surface area contributed by atoms with Gasteiger partial charge in [0.25, 0.3) is 7.82 Å². The van der Waals surface area contributed by atoms with Crippen LogP contribution in [0, 0.1) is 0 Å². The van der Waals surface area contributed by atoms with Crippen LogP contribution in [0.2, 0.25) is 0 Å². The van der Waals surface area contributed by atoms with Gasteiger partial charge in [0.2, 0.25) is 5.91 Å². The number of phosphoric acid groups is 1. The number of carbonyl (C=O) groups is 2. The van der Waals surface area contributed by atoms with Gasteiger partial charge in [0, 0.05) is 12.8 Å². The Kier molecular flexibility index (Phi) is 54.8. The minimum atomic E-state index is -4.71. The summed E-state index contributed by atoms with van der Waals surface area (Å²) in [6, 6.07) is -0.903. The summed E-state index contributed by atoms with van der Waals surface area (Å²) >= 11 is 0. The van der Waals surface area contributed by atoms with E-state index >= 15 is 0 Å². The third-order valence-corrected chi connectivity index (χ3v) is 15.1. The van der Waals surface area contributed by atoms with Crippen LogP contribution in [-0.2, 0) is 27.9 Å². The quantitative estimate of drug-likeness (QED) is 0.0212. The number of quaternary nitrogens is 1. The van der Waals surface area contributed by atoms with E-state index in [0.29, 0.717) is 23.9 Å². The number of rotatable bonds is 58. The fraction of sp³-hybridized carbons (Fsp3) is 0.791. The van der Waals surface area contributed by atoms with Crippen LogP contribution in [0.3, 0.4) is 0 Å². The highest BCUT2D eigenvalue weighted by Crippen LogP contribution is 2.38. The zero-order chi connectivity index (χ0) is 56.4. The van der Waals surface area contributed by atoms with Crippen molar-refractivity contribution in [3.63, 3.8) is 0 Å². The minimum absolute atomic E-state index is 0.0287. The molecule has 0 radical (unpaired) electrons. The van der Waals surface area contributed by atoms with E-state index < -0.39 is 26.6 Å². The topological polar surface area (TPSA) is 114 Å². The Hall–Kier alpha value is -2.55. The largest absolute Gasteiger partial charge is 0.756 e. The molecule has 0 aliphatic heterocycles. The van der Waals surface area contributed by atoms with Crippen molar-refractivity contribution < 1.29 is 37.3 Å². The molecule has 0 aromatic rings. The second kappa shape index (κ2) is 56.7. The molecule has 3 unspecified atom stereocenters. The fourth-order valence-electron chi connectivity index (χ4n) is 9.20. The zero-order valence-corrected chi connectivity index (χ0v) is 52.0. The first-order chi connectivity index (χ1) is 37.4. The molecule has 10 heteroatoms. The Balaban J connectivity index is 5.30. The predicted molar refractivity (Wildman–Crippen MR) is 330 cm³/mol. The van der Waals surface area contributed by atoms with Crippen LogP contribution < -0.4 is 10.2 Å². The number of allylic oxidation sites excluding steroid dienone is 11. The zero-order valence-electron chi connectivity index (χ0n) is 51.2. The predicted octanol–water partition coefficient (Wildman–Crippen LogP) is 19.4. The molecule has 0 aliphatic carbocycles. The Labute approximate surface area is 476 Å². The van der Waals surface area contributed by atoms with E-state index in [1.165, 1.54) is 161 Å². The highest BCUT2D eigenvalue weighted by Gasteiger charge is 2.27. The van der Waals surface area contributed by atoms with Crippen LogP contribution in [0.5, 0.6) is 0 Å². The van der Waals surface area contributed by atoms with Gasteiger partial charge >= 0.3 is 5.97 Å². The van der Waals surface area contributed by atoms with Crippen molar-refractivity contribution >= 4 is 19.7 Å². The molecule has 0 rings (SSSR count). The Bertz CT molecular complexity index is 1550. The van der Waals surface area contributed by atoms with Crippen molar-refractivity contribution in [3.05, 3.63) is 72.9 Å². The van der Waals surface area contributed by atoms with E-state index in [1.54, 1.807) is 0 Å². The number of hydrogen-bond acceptors (Lipinski definition) is 7. The fourth-order valence-corrected chi connectivity index (χ4v) is 9.92. The first kappa shape index (κ1) is 74.5. The molecule has 0 saturated heterocycles. The Morgan fingerprint density at radius 2 is 0.831 bits per heavy atom. The number of esters is 1. The molecule has 448 valence electrons. The van der Waals surface area contributed by atoms with Crippen LogP contribution >= 0.6 is 7.82 Å². The number of nitrogens with one attached hydrogen (secondary N) is 1. The van der Waals surface area contributed by atoms with Gasteiger partial charge in [-0.15, -0.1) is 0 Å². The average Bonchev–Trinajstić information content (AvgIpc) is 3.39. The molecule has 1 N–H and O–H groups in total. The summed E-state index contributed by atoms with van der Waals surface area (Å²) in [5.41, 5.74) is 0. The van der Waals surface area contributed by atoms with Gasteiger partial charge in [-0.05, 0) is 76.7 Å². The molecule has 1 amide bonds. The van der Waals surface area contributed by atoms with Gasteiger partial charge in [-0.3, -0.25) is 14.2 Å². The van der Waals surface area contributed by atoms with Crippen molar-refractivity contribution in [3.8, 4) is 0 Å². The molecule has 0 bridgehead atoms. The highest BCUT2D eigenvalue weighted by atomic mass is 31.2. The highest BCUT2D eigenvalue weighted by molar-refractivity contribution is 7.45. The molecule has 0 fully saturated rings. The third-order valence-electron chi connectivity index (χ3n) is 14.2. The van der Waals surface area contributed by atoms with Gasteiger partial charge in [0.05, 0.1) is 33.8 Å². The first-order valence-corrected chi connectivity index (χ1v) is 33.7. The summed E-state index contributed by atoms with van der Waals surface area (Å²) in [4.78, 5) is 40.0. The average molecular weight is 1100 g/mol. The SMILES string of the molecule is CC/C=C\C/C=C\C/C=C\C/C=C\C/C=C\CCCCCC(=O)OC(/C=C/CCCCCCCCCCCCC)C(COP(=O)([O-])OCC[N+](C)(C)C)NC(=O)CCCCCCCCCCCCCCCCCCCCC. The van der Waals surface area contributed by atoms with Crippen LogP contribution in [-0.4, -0.2) is 69.4 Å². The Morgan fingerprint density at radius 1 is 0.468 bits per heavy atom. The smallest absolute Gasteiger partial charge is 0.306 e. The number of nitrogens with zero attached hydrogens (tertiary/aromatic N) is 1. The number of phosphoric ester groups is 1. The van der Waals surface area contributed by atoms with E-state index in [4.69, 9.17) is 13.8 Å². The molecule has 9 nitrogen and oxygen atoms in total. The lowest BCUT2D eigenvalue weighted by Gasteiger charge is -2.30. The summed E-state index contributed by atoms with van der Waals surface area (Å²) in [5.74, 6) is -0.570. The van der Waals surface area contributed by atoms with E-state index in [1.807, 2.05) is 33.3 Å². The van der Waals surface area contributed by atoms with Crippen molar-refractivity contribution in [2.45, 2.75) is 303 Å². The van der Waals surface area contributed by atoms with Gasteiger partial charge in [0.15, 0.2) is 0 Å². The number of hydrogen-bond donors (Lipinski definition) is 1. The summed E-state index contributed by atoms with van der Waals surface area (Å²) in [5, 5.41) is 3.03. The molecule has 0 aromatic carbocycles. The molecule has 3 atom stereocenters. The lowest BCUT2D eigenvalue weighted by atomic mass is 10.0. The molecule has 0 aromatic heterocycles. The second-order valence-corrected chi connectivity index (χ2v) is 24.3. The molecular weight excluding hydrogens is 976 g/mol. The molecule has 0 saturated carbocycles. The monoisotopic (exact) mass is 1100 g/mol. The number of likely N-dealkylation sites (N-methyl/N-ethyl adjacent to an activating group) is 1. The van der Waals surface area contributed by atoms with Gasteiger partial charge in [0.1, 0.15) is 19.3 Å². The molecule has 0 spiro atoms. The van der Waals surface area contributed by atoms with Gasteiger partial charge in [-0.2, -0.15) is 0 Å². The van der Waals surface area contributed by atoms with Crippen LogP contribution in [0.4, 0.5) is 0 Å². The lowest BCUT2D eigenvalue weighted by molar-refractivity contribution is -0.870. The van der Waals surface area contributed by atoms with Crippen molar-refractivity contribution in [2.75, 3.05) is 40.9 Å². The van der Waals surface area contributed by atoms with Crippen LogP contribution in [0.1, 0.15) is 290 Å². The maximum atomic E-state index is 13.6. The minimum Gasteiger partial charge on any atom is -0.756 e. The van der Waals surface area contributed by atoms with Crippen molar-refractivity contribution in [1.29, 1.82) is 0 Å². The molecule has 0 aliphatic rings. The molecule has 77 heavy (non-hydrogen) atoms. The maximum absolute atomic E-state index is 13.6. The van der Waals surface area contributed by atoms with E-state index in [0.717, 1.165) is 89.9 Å². The maximum Gasteiger partial charge on any atom is 0.306 e. The van der Waals surface area contributed by atoms with Crippen molar-refractivity contribution in [2.24, 2.45) is 0 Å². The summed E-state index contributed by atoms with van der Waals surface area (Å²) in [6.45, 7) is 6.73.